The van der Waals surface area contributed by atoms with Crippen LogP contribution in [0.3, 0.4) is 0 Å². The van der Waals surface area contributed by atoms with E-state index in [4.69, 9.17) is 0 Å². The summed E-state index contributed by atoms with van der Waals surface area (Å²) in [5, 5.41) is 15.2. The lowest BCUT2D eigenvalue weighted by atomic mass is 10.1. The number of hydrogen-bond acceptors (Lipinski definition) is 4. The second-order valence-electron chi connectivity index (χ2n) is 5.89. The fourth-order valence-electron chi connectivity index (χ4n) is 3.18. The van der Waals surface area contributed by atoms with E-state index in [0.29, 0.717) is 18.9 Å². The SMILES string of the molecule is O=C(CCn1nnc2ccccc21)N1CC[C@H](c2ccn[nH]2)C1. The van der Waals surface area contributed by atoms with Gasteiger partial charge in [0.1, 0.15) is 5.52 Å². The van der Waals surface area contributed by atoms with Crippen molar-refractivity contribution in [2.45, 2.75) is 25.3 Å². The summed E-state index contributed by atoms with van der Waals surface area (Å²) < 4.78 is 1.80. The van der Waals surface area contributed by atoms with Gasteiger partial charge in [0.25, 0.3) is 0 Å². The number of aromatic amines is 1. The van der Waals surface area contributed by atoms with Gasteiger partial charge in [-0.05, 0) is 24.6 Å². The molecule has 1 aliphatic heterocycles. The average molecular weight is 310 g/mol. The van der Waals surface area contributed by atoms with Crippen molar-refractivity contribution >= 4 is 16.9 Å². The Hall–Kier alpha value is -2.70. The maximum absolute atomic E-state index is 12.4. The van der Waals surface area contributed by atoms with Gasteiger partial charge < -0.3 is 4.90 Å². The molecule has 3 heterocycles. The molecule has 1 N–H and O–H groups in total. The third-order valence-electron chi connectivity index (χ3n) is 4.46. The third kappa shape index (κ3) is 2.69. The molecule has 1 aromatic carbocycles. The number of rotatable bonds is 4. The molecule has 118 valence electrons. The molecule has 0 aliphatic carbocycles. The lowest BCUT2D eigenvalue weighted by Gasteiger charge is -2.16. The van der Waals surface area contributed by atoms with Crippen molar-refractivity contribution < 1.29 is 4.79 Å². The minimum atomic E-state index is 0.173. The zero-order valence-corrected chi connectivity index (χ0v) is 12.7. The minimum absolute atomic E-state index is 0.173. The molecule has 4 rings (SSSR count). The van der Waals surface area contributed by atoms with Crippen LogP contribution in [-0.2, 0) is 11.3 Å². The predicted molar refractivity (Wildman–Crippen MR) is 84.7 cm³/mol. The van der Waals surface area contributed by atoms with E-state index in [9.17, 15) is 4.79 Å². The maximum atomic E-state index is 12.4. The van der Waals surface area contributed by atoms with Gasteiger partial charge in [-0.2, -0.15) is 5.10 Å². The molecule has 0 radical (unpaired) electrons. The van der Waals surface area contributed by atoms with Gasteiger partial charge in [-0.1, -0.05) is 17.3 Å². The summed E-state index contributed by atoms with van der Waals surface area (Å²) in [5.41, 5.74) is 2.94. The number of amides is 1. The van der Waals surface area contributed by atoms with E-state index in [1.165, 1.54) is 0 Å². The van der Waals surface area contributed by atoms with Crippen molar-refractivity contribution in [2.75, 3.05) is 13.1 Å². The summed E-state index contributed by atoms with van der Waals surface area (Å²) in [6.45, 7) is 2.13. The van der Waals surface area contributed by atoms with Gasteiger partial charge in [0.05, 0.1) is 12.1 Å². The van der Waals surface area contributed by atoms with Crippen LogP contribution < -0.4 is 0 Å². The zero-order chi connectivity index (χ0) is 15.6. The number of nitrogens with zero attached hydrogens (tertiary/aromatic N) is 5. The number of carbonyl (C=O) groups is 1. The monoisotopic (exact) mass is 310 g/mol. The van der Waals surface area contributed by atoms with Crippen LogP contribution in [0.5, 0.6) is 0 Å². The van der Waals surface area contributed by atoms with Crippen molar-refractivity contribution in [3.8, 4) is 0 Å². The first-order chi connectivity index (χ1) is 11.3. The number of nitrogens with one attached hydrogen (secondary N) is 1. The van der Waals surface area contributed by atoms with Gasteiger partial charge >= 0.3 is 0 Å². The normalized spacial score (nSPS) is 17.9. The number of fused-ring (bicyclic) bond motifs is 1. The van der Waals surface area contributed by atoms with Crippen molar-refractivity contribution in [3.63, 3.8) is 0 Å². The highest BCUT2D eigenvalue weighted by atomic mass is 16.2. The molecule has 1 atom stereocenters. The summed E-state index contributed by atoms with van der Waals surface area (Å²) >= 11 is 0. The molecular weight excluding hydrogens is 292 g/mol. The van der Waals surface area contributed by atoms with Crippen molar-refractivity contribution in [1.29, 1.82) is 0 Å². The average Bonchev–Trinajstić information content (AvgIpc) is 3.31. The van der Waals surface area contributed by atoms with E-state index in [0.717, 1.165) is 36.2 Å². The molecule has 0 bridgehead atoms. The van der Waals surface area contributed by atoms with E-state index in [1.54, 1.807) is 10.9 Å². The molecule has 2 aromatic heterocycles. The fourth-order valence-corrected chi connectivity index (χ4v) is 3.18. The smallest absolute Gasteiger partial charge is 0.224 e. The van der Waals surface area contributed by atoms with E-state index in [-0.39, 0.29) is 5.91 Å². The first-order valence-electron chi connectivity index (χ1n) is 7.86. The van der Waals surface area contributed by atoms with E-state index < -0.39 is 0 Å². The fraction of sp³-hybridized carbons (Fsp3) is 0.375. The van der Waals surface area contributed by atoms with Crippen LogP contribution in [0.4, 0.5) is 0 Å². The summed E-state index contributed by atoms with van der Waals surface area (Å²) in [7, 11) is 0. The topological polar surface area (TPSA) is 79.7 Å². The van der Waals surface area contributed by atoms with E-state index >= 15 is 0 Å². The van der Waals surface area contributed by atoms with Gasteiger partial charge in [-0.3, -0.25) is 9.89 Å². The largest absolute Gasteiger partial charge is 0.342 e. The van der Waals surface area contributed by atoms with Crippen LogP contribution in [0.1, 0.15) is 24.5 Å². The molecule has 0 unspecified atom stereocenters. The van der Waals surface area contributed by atoms with Crippen LogP contribution in [-0.4, -0.2) is 49.1 Å². The predicted octanol–water partition coefficient (Wildman–Crippen LogP) is 1.56. The Morgan fingerprint density at radius 3 is 3.09 bits per heavy atom. The van der Waals surface area contributed by atoms with Crippen LogP contribution in [0.2, 0.25) is 0 Å². The number of aromatic nitrogens is 5. The summed E-state index contributed by atoms with van der Waals surface area (Å²) in [5.74, 6) is 0.542. The molecule has 3 aromatic rings. The Bertz CT molecular complexity index is 809. The molecule has 1 amide bonds. The Morgan fingerprint density at radius 1 is 1.30 bits per heavy atom. The number of para-hydroxylation sites is 1. The van der Waals surface area contributed by atoms with Gasteiger partial charge in [-0.15, -0.1) is 5.10 Å². The summed E-state index contributed by atoms with van der Waals surface area (Å²) in [6, 6.07) is 9.78. The summed E-state index contributed by atoms with van der Waals surface area (Å²) in [6.07, 6.45) is 3.19. The highest BCUT2D eigenvalue weighted by Gasteiger charge is 2.27. The Morgan fingerprint density at radius 2 is 2.22 bits per heavy atom. The van der Waals surface area contributed by atoms with Gasteiger partial charge in [-0.25, -0.2) is 4.68 Å². The lowest BCUT2D eigenvalue weighted by Crippen LogP contribution is -2.29. The number of carbonyl (C=O) groups excluding carboxylic acids is 1. The molecule has 1 fully saturated rings. The van der Waals surface area contributed by atoms with Crippen LogP contribution in [0, 0.1) is 0 Å². The standard InChI is InChI=1S/C16H18N6O/c23-16(21-9-6-12(11-21)13-5-8-17-18-13)7-10-22-15-4-2-1-3-14(15)19-20-22/h1-5,8,12H,6-7,9-11H2,(H,17,18)/t12-/m0/s1. The molecule has 0 saturated carbocycles. The molecule has 1 saturated heterocycles. The molecule has 23 heavy (non-hydrogen) atoms. The molecule has 7 nitrogen and oxygen atoms in total. The number of aryl methyl sites for hydroxylation is 1. The maximum Gasteiger partial charge on any atom is 0.224 e. The van der Waals surface area contributed by atoms with E-state index in [1.807, 2.05) is 35.2 Å². The molecule has 0 spiro atoms. The molecule has 7 heteroatoms. The lowest BCUT2D eigenvalue weighted by molar-refractivity contribution is -0.130. The minimum Gasteiger partial charge on any atom is -0.342 e. The second-order valence-corrected chi connectivity index (χ2v) is 5.89. The molecular formula is C16H18N6O. The van der Waals surface area contributed by atoms with Crippen LogP contribution in [0.15, 0.2) is 36.5 Å². The van der Waals surface area contributed by atoms with Crippen molar-refractivity contribution in [3.05, 3.63) is 42.2 Å². The quantitative estimate of drug-likeness (QED) is 0.793. The first kappa shape index (κ1) is 13.9. The van der Waals surface area contributed by atoms with Gasteiger partial charge in [0.2, 0.25) is 5.91 Å². The molecule has 1 aliphatic rings. The van der Waals surface area contributed by atoms with Crippen LogP contribution in [0.25, 0.3) is 11.0 Å². The second kappa shape index (κ2) is 5.83. The zero-order valence-electron chi connectivity index (χ0n) is 12.7. The van der Waals surface area contributed by atoms with Crippen LogP contribution >= 0.6 is 0 Å². The third-order valence-corrected chi connectivity index (χ3v) is 4.46. The summed E-state index contributed by atoms with van der Waals surface area (Å²) in [4.78, 5) is 14.4. The Kier molecular flexibility index (Phi) is 3.53. The van der Waals surface area contributed by atoms with E-state index in [2.05, 4.69) is 20.5 Å². The van der Waals surface area contributed by atoms with Gasteiger partial charge in [0.15, 0.2) is 0 Å². The number of benzene rings is 1. The number of H-pyrrole nitrogens is 1. The van der Waals surface area contributed by atoms with Gasteiger partial charge in [0, 0.05) is 37.3 Å². The van der Waals surface area contributed by atoms with Crippen molar-refractivity contribution in [2.24, 2.45) is 0 Å². The first-order valence-corrected chi connectivity index (χ1v) is 7.86. The Labute approximate surface area is 133 Å². The highest BCUT2D eigenvalue weighted by molar-refractivity contribution is 5.77. The Balaban J connectivity index is 1.37. The number of likely N-dealkylation sites (tertiary alicyclic amines) is 1. The highest BCUT2D eigenvalue weighted by Crippen LogP contribution is 2.25. The number of hydrogen-bond donors (Lipinski definition) is 1. The van der Waals surface area contributed by atoms with Crippen molar-refractivity contribution in [1.82, 2.24) is 30.1 Å².